The number of aliphatic hydroxyl groups excluding tert-OH is 1. The van der Waals surface area contributed by atoms with Gasteiger partial charge in [0.2, 0.25) is 0 Å². The van der Waals surface area contributed by atoms with E-state index in [9.17, 15) is 49.8 Å². The molecule has 2 aromatic carbocycles. The second-order valence-electron chi connectivity index (χ2n) is 9.25. The number of thiophene rings is 1. The SMILES string of the molecule is Cc1ccc(C(Oc2ccc(-c3sc4c(c3C)c(=O)[nH]c(=O)n4C[C@@H](O)C(F)(F)F)cc2OC(F)(F)F)C(F)F)cc1Cl. The molecule has 0 aliphatic rings. The number of ether oxygens (including phenoxy) is 2. The van der Waals surface area contributed by atoms with E-state index in [1.165, 1.54) is 25.1 Å². The van der Waals surface area contributed by atoms with Crippen LogP contribution in [0.3, 0.4) is 0 Å². The number of nitrogens with zero attached hydrogens (tertiary/aromatic N) is 1. The van der Waals surface area contributed by atoms with Crippen LogP contribution >= 0.6 is 22.9 Å². The topological polar surface area (TPSA) is 93.6 Å². The molecule has 0 fully saturated rings. The molecule has 0 bridgehead atoms. The summed E-state index contributed by atoms with van der Waals surface area (Å²) in [5.41, 5.74) is -1.82. The number of H-pyrrole nitrogens is 1. The zero-order chi connectivity index (χ0) is 32.0. The minimum Gasteiger partial charge on any atom is -0.476 e. The molecule has 7 nitrogen and oxygen atoms in total. The Balaban J connectivity index is 1.84. The fourth-order valence-electron chi connectivity index (χ4n) is 4.13. The van der Waals surface area contributed by atoms with Crippen LogP contribution in [0.25, 0.3) is 20.7 Å². The summed E-state index contributed by atoms with van der Waals surface area (Å²) in [5, 5.41) is 9.38. The summed E-state index contributed by atoms with van der Waals surface area (Å²) in [5.74, 6) is -1.77. The summed E-state index contributed by atoms with van der Waals surface area (Å²) in [4.78, 5) is 26.5. The van der Waals surface area contributed by atoms with Crippen molar-refractivity contribution in [2.45, 2.75) is 51.6 Å². The molecule has 0 saturated carbocycles. The molecule has 0 amide bonds. The zero-order valence-electron chi connectivity index (χ0n) is 21.7. The van der Waals surface area contributed by atoms with Crippen molar-refractivity contribution in [1.82, 2.24) is 9.55 Å². The van der Waals surface area contributed by atoms with E-state index >= 15 is 0 Å². The maximum Gasteiger partial charge on any atom is 0.573 e. The van der Waals surface area contributed by atoms with Gasteiger partial charge in [-0.1, -0.05) is 23.7 Å². The molecule has 2 atom stereocenters. The van der Waals surface area contributed by atoms with Crippen LogP contribution < -0.4 is 20.7 Å². The molecular weight excluding hydrogens is 640 g/mol. The largest absolute Gasteiger partial charge is 0.573 e. The summed E-state index contributed by atoms with van der Waals surface area (Å²) in [6.07, 6.45) is -18.6. The van der Waals surface area contributed by atoms with E-state index < -0.39 is 60.5 Å². The van der Waals surface area contributed by atoms with Crippen molar-refractivity contribution in [3.63, 3.8) is 0 Å². The van der Waals surface area contributed by atoms with Gasteiger partial charge >= 0.3 is 18.2 Å². The highest BCUT2D eigenvalue weighted by Gasteiger charge is 2.39. The predicted octanol–water partition coefficient (Wildman–Crippen LogP) is 6.90. The zero-order valence-corrected chi connectivity index (χ0v) is 23.3. The number of nitrogens with one attached hydrogen (secondary N) is 1. The van der Waals surface area contributed by atoms with Gasteiger partial charge in [0.25, 0.3) is 12.0 Å². The fourth-order valence-corrected chi connectivity index (χ4v) is 5.63. The number of aromatic amines is 1. The highest BCUT2D eigenvalue weighted by atomic mass is 35.5. The number of fused-ring (bicyclic) bond motifs is 1. The molecule has 2 heterocycles. The van der Waals surface area contributed by atoms with Crippen molar-refractivity contribution in [2.75, 3.05) is 0 Å². The molecule has 43 heavy (non-hydrogen) atoms. The second-order valence-corrected chi connectivity index (χ2v) is 10.7. The summed E-state index contributed by atoms with van der Waals surface area (Å²) in [6.45, 7) is 1.67. The Labute approximate surface area is 244 Å². The van der Waals surface area contributed by atoms with Crippen molar-refractivity contribution in [3.05, 3.63) is 78.9 Å². The standard InChI is InChI=1S/C26H19ClF8N2O5S/c1-10-3-4-12(7-14(10)27)19(21(28)29)41-15-6-5-13(8-16(15)42-26(33,34)35)20-11(2)18-22(39)36-24(40)37(23(18)43-20)9-17(38)25(30,31)32/h3-8,17,19,21,38H,9H2,1-2H3,(H,36,39,40)/t17-,19?/m1/s1. The minimum atomic E-state index is -5.30. The van der Waals surface area contributed by atoms with Gasteiger partial charge in [0.05, 0.1) is 11.9 Å². The Kier molecular flexibility index (Phi) is 8.86. The molecule has 232 valence electrons. The van der Waals surface area contributed by atoms with Gasteiger partial charge in [-0.05, 0) is 60.4 Å². The van der Waals surface area contributed by atoms with Gasteiger partial charge in [0.15, 0.2) is 23.7 Å². The number of alkyl halides is 8. The molecule has 0 saturated heterocycles. The van der Waals surface area contributed by atoms with E-state index in [1.807, 2.05) is 4.98 Å². The molecule has 4 rings (SSSR count). The van der Waals surface area contributed by atoms with Gasteiger partial charge < -0.3 is 14.6 Å². The number of aromatic nitrogens is 2. The first-order chi connectivity index (χ1) is 19.9. The van der Waals surface area contributed by atoms with Crippen LogP contribution in [0.5, 0.6) is 11.5 Å². The molecule has 17 heteroatoms. The van der Waals surface area contributed by atoms with Gasteiger partial charge in [0.1, 0.15) is 4.83 Å². The molecule has 0 spiro atoms. The highest BCUT2D eigenvalue weighted by molar-refractivity contribution is 7.22. The number of halogens is 9. The second kappa shape index (κ2) is 11.8. The van der Waals surface area contributed by atoms with E-state index in [2.05, 4.69) is 4.74 Å². The van der Waals surface area contributed by atoms with Crippen LogP contribution in [-0.2, 0) is 6.54 Å². The Bertz CT molecular complexity index is 1780. The molecule has 2 aromatic heterocycles. The smallest absolute Gasteiger partial charge is 0.476 e. The van der Waals surface area contributed by atoms with Crippen LogP contribution in [0, 0.1) is 13.8 Å². The predicted molar refractivity (Wildman–Crippen MR) is 141 cm³/mol. The van der Waals surface area contributed by atoms with Crippen molar-refractivity contribution in [2.24, 2.45) is 0 Å². The number of rotatable bonds is 8. The van der Waals surface area contributed by atoms with Crippen LogP contribution in [0.4, 0.5) is 35.1 Å². The average molecular weight is 659 g/mol. The minimum absolute atomic E-state index is 0.0376. The first kappa shape index (κ1) is 32.3. The molecule has 0 aliphatic carbocycles. The van der Waals surface area contributed by atoms with Crippen molar-refractivity contribution in [3.8, 4) is 21.9 Å². The Morgan fingerprint density at radius 3 is 2.28 bits per heavy atom. The van der Waals surface area contributed by atoms with Crippen LogP contribution in [0.1, 0.15) is 22.8 Å². The van der Waals surface area contributed by atoms with Crippen molar-refractivity contribution >= 4 is 33.2 Å². The Morgan fingerprint density at radius 1 is 1.02 bits per heavy atom. The van der Waals surface area contributed by atoms with Gasteiger partial charge in [-0.15, -0.1) is 24.5 Å². The van der Waals surface area contributed by atoms with Crippen LogP contribution in [0.15, 0.2) is 46.0 Å². The number of hydrogen-bond acceptors (Lipinski definition) is 6. The molecular formula is C26H19ClF8N2O5S. The maximum atomic E-state index is 14.0. The van der Waals surface area contributed by atoms with E-state index in [1.54, 1.807) is 6.92 Å². The third-order valence-electron chi connectivity index (χ3n) is 6.24. The molecule has 4 aromatic rings. The third kappa shape index (κ3) is 6.96. The summed E-state index contributed by atoms with van der Waals surface area (Å²) < 4.78 is 117. The average Bonchev–Trinajstić information content (AvgIpc) is 3.23. The Morgan fingerprint density at radius 2 is 1.70 bits per heavy atom. The number of aryl methyl sites for hydroxylation is 2. The summed E-state index contributed by atoms with van der Waals surface area (Å²) in [7, 11) is 0. The van der Waals surface area contributed by atoms with Crippen LogP contribution in [-0.4, -0.2) is 39.7 Å². The van der Waals surface area contributed by atoms with E-state index in [-0.39, 0.29) is 36.8 Å². The first-order valence-corrected chi connectivity index (χ1v) is 13.2. The lowest BCUT2D eigenvalue weighted by Crippen LogP contribution is -2.38. The van der Waals surface area contributed by atoms with Gasteiger partial charge in [-0.3, -0.25) is 14.3 Å². The quantitative estimate of drug-likeness (QED) is 0.201. The lowest BCUT2D eigenvalue weighted by molar-refractivity contribution is -0.275. The van der Waals surface area contributed by atoms with Gasteiger partial charge in [-0.2, -0.15) is 13.2 Å². The first-order valence-electron chi connectivity index (χ1n) is 12.0. The van der Waals surface area contributed by atoms with Crippen molar-refractivity contribution < 1.29 is 49.7 Å². The van der Waals surface area contributed by atoms with E-state index in [4.69, 9.17) is 16.3 Å². The summed E-state index contributed by atoms with van der Waals surface area (Å²) in [6, 6.07) is 6.72. The number of aliphatic hydroxyl groups is 1. The van der Waals surface area contributed by atoms with Gasteiger partial charge in [0, 0.05) is 9.90 Å². The fraction of sp³-hybridized carbons (Fsp3) is 0.308. The van der Waals surface area contributed by atoms with E-state index in [0.29, 0.717) is 21.5 Å². The monoisotopic (exact) mass is 658 g/mol. The highest BCUT2D eigenvalue weighted by Crippen LogP contribution is 2.43. The normalized spacial score (nSPS) is 13.9. The molecule has 2 N–H and O–H groups in total. The molecule has 0 radical (unpaired) electrons. The Hall–Kier alpha value is -3.63. The number of hydrogen-bond donors (Lipinski definition) is 2. The van der Waals surface area contributed by atoms with Crippen molar-refractivity contribution in [1.29, 1.82) is 0 Å². The maximum absolute atomic E-state index is 14.0. The van der Waals surface area contributed by atoms with Crippen LogP contribution in [0.2, 0.25) is 5.02 Å². The third-order valence-corrected chi connectivity index (χ3v) is 8.01. The lowest BCUT2D eigenvalue weighted by Gasteiger charge is -2.22. The van der Waals surface area contributed by atoms with Gasteiger partial charge in [-0.25, -0.2) is 13.6 Å². The summed E-state index contributed by atoms with van der Waals surface area (Å²) >= 11 is 6.60. The lowest BCUT2D eigenvalue weighted by atomic mass is 10.1. The molecule has 0 aliphatic heterocycles. The molecule has 1 unspecified atom stereocenters. The van der Waals surface area contributed by atoms with E-state index in [0.717, 1.165) is 18.2 Å². The number of benzene rings is 2.